The standard InChI is InChI=1S/C26H22N4O/c31-26(19-8-9-19)27-25-16-24-22(7-4-13-30(24)28-25)20-10-11-23-21(15-20)12-14-29(23)17-18-5-2-1-3-6-18/h1-7,10-16,19H,8-9,17H2,(H,27,28,31). The highest BCUT2D eigenvalue weighted by molar-refractivity contribution is 5.95. The summed E-state index contributed by atoms with van der Waals surface area (Å²) >= 11 is 0. The molecule has 1 N–H and O–H groups in total. The minimum absolute atomic E-state index is 0.0751. The molecule has 1 saturated carbocycles. The second-order valence-electron chi connectivity index (χ2n) is 8.25. The topological polar surface area (TPSA) is 51.3 Å². The monoisotopic (exact) mass is 406 g/mol. The summed E-state index contributed by atoms with van der Waals surface area (Å²) in [7, 11) is 0. The first-order chi connectivity index (χ1) is 15.2. The van der Waals surface area contributed by atoms with E-state index in [4.69, 9.17) is 0 Å². The Hall–Kier alpha value is -3.86. The van der Waals surface area contributed by atoms with Gasteiger partial charge in [-0.25, -0.2) is 4.52 Å². The molecule has 5 heteroatoms. The number of carbonyl (C=O) groups excluding carboxylic acids is 1. The third-order valence-corrected chi connectivity index (χ3v) is 5.98. The average Bonchev–Trinajstić information content (AvgIpc) is 3.46. The van der Waals surface area contributed by atoms with Gasteiger partial charge in [-0.05, 0) is 48.2 Å². The molecule has 3 aromatic heterocycles. The van der Waals surface area contributed by atoms with Gasteiger partial charge in [0.2, 0.25) is 5.91 Å². The summed E-state index contributed by atoms with van der Waals surface area (Å²) in [5, 5.41) is 8.70. The number of rotatable bonds is 5. The van der Waals surface area contributed by atoms with Crippen LogP contribution in [0.1, 0.15) is 18.4 Å². The minimum atomic E-state index is 0.0751. The molecule has 0 saturated heterocycles. The second-order valence-corrected chi connectivity index (χ2v) is 8.25. The predicted octanol–water partition coefficient (Wildman–Crippen LogP) is 5.35. The Morgan fingerprint density at radius 1 is 0.935 bits per heavy atom. The van der Waals surface area contributed by atoms with E-state index in [1.165, 1.54) is 16.5 Å². The fourth-order valence-electron chi connectivity index (χ4n) is 4.18. The molecule has 5 aromatic rings. The summed E-state index contributed by atoms with van der Waals surface area (Å²) in [4.78, 5) is 12.1. The normalized spacial score (nSPS) is 13.7. The van der Waals surface area contributed by atoms with Gasteiger partial charge in [0.05, 0.1) is 5.52 Å². The van der Waals surface area contributed by atoms with Crippen molar-refractivity contribution in [3.63, 3.8) is 0 Å². The zero-order chi connectivity index (χ0) is 20.8. The Morgan fingerprint density at radius 2 is 1.81 bits per heavy atom. The lowest BCUT2D eigenvalue weighted by Gasteiger charge is -2.08. The van der Waals surface area contributed by atoms with Crippen molar-refractivity contribution >= 4 is 28.1 Å². The van der Waals surface area contributed by atoms with Crippen LogP contribution in [-0.4, -0.2) is 20.1 Å². The molecule has 31 heavy (non-hydrogen) atoms. The van der Waals surface area contributed by atoms with Crippen LogP contribution in [0.5, 0.6) is 0 Å². The van der Waals surface area contributed by atoms with Crippen molar-refractivity contribution in [2.45, 2.75) is 19.4 Å². The number of nitrogens with zero attached hydrogens (tertiary/aromatic N) is 3. The summed E-state index contributed by atoms with van der Waals surface area (Å²) in [5.41, 5.74) is 5.71. The van der Waals surface area contributed by atoms with Gasteiger partial charge < -0.3 is 9.88 Å². The lowest BCUT2D eigenvalue weighted by molar-refractivity contribution is -0.117. The molecule has 1 fully saturated rings. The van der Waals surface area contributed by atoms with Crippen LogP contribution in [0.15, 0.2) is 85.2 Å². The predicted molar refractivity (Wildman–Crippen MR) is 123 cm³/mol. The lowest BCUT2D eigenvalue weighted by atomic mass is 10.0. The van der Waals surface area contributed by atoms with E-state index in [0.717, 1.165) is 36.0 Å². The maximum atomic E-state index is 12.1. The van der Waals surface area contributed by atoms with Gasteiger partial charge in [0.1, 0.15) is 0 Å². The molecule has 0 spiro atoms. The number of hydrogen-bond donors (Lipinski definition) is 1. The van der Waals surface area contributed by atoms with Crippen molar-refractivity contribution in [3.05, 3.63) is 90.8 Å². The van der Waals surface area contributed by atoms with E-state index < -0.39 is 0 Å². The number of anilines is 1. The van der Waals surface area contributed by atoms with Crippen LogP contribution < -0.4 is 5.32 Å². The van der Waals surface area contributed by atoms with Crippen LogP contribution in [0.3, 0.4) is 0 Å². The largest absolute Gasteiger partial charge is 0.343 e. The molecule has 0 atom stereocenters. The molecule has 152 valence electrons. The summed E-state index contributed by atoms with van der Waals surface area (Å²) in [6.07, 6.45) is 6.02. The van der Waals surface area contributed by atoms with Crippen LogP contribution in [0.4, 0.5) is 5.82 Å². The van der Waals surface area contributed by atoms with Crippen molar-refractivity contribution in [1.82, 2.24) is 14.2 Å². The molecule has 0 aliphatic heterocycles. The van der Waals surface area contributed by atoms with Gasteiger partial charge in [-0.15, -0.1) is 0 Å². The number of benzene rings is 2. The smallest absolute Gasteiger partial charge is 0.228 e. The Morgan fingerprint density at radius 3 is 2.65 bits per heavy atom. The molecule has 3 heterocycles. The second kappa shape index (κ2) is 7.13. The van der Waals surface area contributed by atoms with Crippen LogP contribution in [0.25, 0.3) is 27.5 Å². The molecule has 1 amide bonds. The molecule has 5 nitrogen and oxygen atoms in total. The Bertz CT molecular complexity index is 1410. The van der Waals surface area contributed by atoms with E-state index in [-0.39, 0.29) is 11.8 Å². The number of pyridine rings is 1. The van der Waals surface area contributed by atoms with Gasteiger partial charge in [-0.2, -0.15) is 5.10 Å². The summed E-state index contributed by atoms with van der Waals surface area (Å²) in [6, 6.07) is 25.3. The number of carbonyl (C=O) groups is 1. The number of nitrogens with one attached hydrogen (secondary N) is 1. The van der Waals surface area contributed by atoms with E-state index in [1.54, 1.807) is 0 Å². The van der Waals surface area contributed by atoms with Gasteiger partial charge in [-0.3, -0.25) is 4.79 Å². The zero-order valence-corrected chi connectivity index (χ0v) is 17.0. The van der Waals surface area contributed by atoms with Gasteiger partial charge in [0.25, 0.3) is 0 Å². The number of hydrogen-bond acceptors (Lipinski definition) is 2. The highest BCUT2D eigenvalue weighted by Crippen LogP contribution is 2.32. The van der Waals surface area contributed by atoms with E-state index >= 15 is 0 Å². The number of aromatic nitrogens is 3. The molecule has 0 bridgehead atoms. The molecule has 0 radical (unpaired) electrons. The molecule has 0 unspecified atom stereocenters. The van der Waals surface area contributed by atoms with E-state index in [2.05, 4.69) is 75.8 Å². The van der Waals surface area contributed by atoms with Crippen LogP contribution in [0, 0.1) is 5.92 Å². The zero-order valence-electron chi connectivity index (χ0n) is 17.0. The Labute approximate surface area is 179 Å². The Kier molecular flexibility index (Phi) is 4.13. The van der Waals surface area contributed by atoms with Crippen molar-refractivity contribution < 1.29 is 4.79 Å². The maximum absolute atomic E-state index is 12.1. The average molecular weight is 406 g/mol. The number of fused-ring (bicyclic) bond motifs is 2. The molecular weight excluding hydrogens is 384 g/mol. The maximum Gasteiger partial charge on any atom is 0.228 e. The van der Waals surface area contributed by atoms with Crippen molar-refractivity contribution in [2.75, 3.05) is 5.32 Å². The van der Waals surface area contributed by atoms with Crippen molar-refractivity contribution in [2.24, 2.45) is 5.92 Å². The van der Waals surface area contributed by atoms with E-state index in [1.807, 2.05) is 28.9 Å². The van der Waals surface area contributed by atoms with Crippen molar-refractivity contribution in [3.8, 4) is 11.1 Å². The first kappa shape index (κ1) is 18.0. The molecule has 1 aliphatic carbocycles. The molecule has 2 aromatic carbocycles. The quantitative estimate of drug-likeness (QED) is 0.428. The van der Waals surface area contributed by atoms with Gasteiger partial charge in [0, 0.05) is 47.4 Å². The fourth-order valence-corrected chi connectivity index (χ4v) is 4.18. The number of amides is 1. The first-order valence-corrected chi connectivity index (χ1v) is 10.7. The lowest BCUT2D eigenvalue weighted by Crippen LogP contribution is -2.13. The molecule has 6 rings (SSSR count). The highest BCUT2D eigenvalue weighted by atomic mass is 16.2. The van der Waals surface area contributed by atoms with Crippen LogP contribution in [-0.2, 0) is 11.3 Å². The third kappa shape index (κ3) is 3.38. The molecular formula is C26H22N4O. The van der Waals surface area contributed by atoms with Gasteiger partial charge in [0.15, 0.2) is 5.82 Å². The van der Waals surface area contributed by atoms with Crippen LogP contribution in [0.2, 0.25) is 0 Å². The fraction of sp³-hybridized carbons (Fsp3) is 0.154. The highest BCUT2D eigenvalue weighted by Gasteiger charge is 2.30. The van der Waals surface area contributed by atoms with E-state index in [0.29, 0.717) is 5.82 Å². The summed E-state index contributed by atoms with van der Waals surface area (Å²) < 4.78 is 4.11. The SMILES string of the molecule is O=C(Nc1cc2c(-c3ccc4c(ccn4Cc4ccccc4)c3)cccn2n1)C1CC1. The summed E-state index contributed by atoms with van der Waals surface area (Å²) in [5.74, 6) is 0.845. The van der Waals surface area contributed by atoms with Gasteiger partial charge in [-0.1, -0.05) is 42.5 Å². The minimum Gasteiger partial charge on any atom is -0.343 e. The van der Waals surface area contributed by atoms with Crippen molar-refractivity contribution in [1.29, 1.82) is 0 Å². The Balaban J connectivity index is 1.35. The molecule has 1 aliphatic rings. The van der Waals surface area contributed by atoms with E-state index in [9.17, 15) is 4.79 Å². The summed E-state index contributed by atoms with van der Waals surface area (Å²) in [6.45, 7) is 0.853. The first-order valence-electron chi connectivity index (χ1n) is 10.7. The van der Waals surface area contributed by atoms with Crippen LogP contribution >= 0.6 is 0 Å². The van der Waals surface area contributed by atoms with Gasteiger partial charge >= 0.3 is 0 Å². The third-order valence-electron chi connectivity index (χ3n) is 5.98.